The van der Waals surface area contributed by atoms with Gasteiger partial charge in [0, 0.05) is 11.4 Å². The number of carbonyl (C=O) groups excluding carboxylic acids is 1. The molecule has 0 aliphatic carbocycles. The summed E-state index contributed by atoms with van der Waals surface area (Å²) in [6.45, 7) is 5.54. The van der Waals surface area contributed by atoms with Crippen molar-refractivity contribution in [2.75, 3.05) is 7.11 Å². The zero-order valence-corrected chi connectivity index (χ0v) is 16.8. The van der Waals surface area contributed by atoms with Crippen LogP contribution in [0.1, 0.15) is 23.9 Å². The second-order valence-electron chi connectivity index (χ2n) is 6.18. The number of aliphatic hydroxyl groups excluding tert-OH is 1. The number of aryl methyl sites for hydroxylation is 1. The number of aliphatic imine (C=N–C) groups is 1. The van der Waals surface area contributed by atoms with Crippen LogP contribution in [-0.4, -0.2) is 28.5 Å². The molecular weight excluding hydrogens is 387 g/mol. The third-order valence-corrected chi connectivity index (χ3v) is 5.26. The van der Waals surface area contributed by atoms with Crippen LogP contribution in [0.2, 0.25) is 10.0 Å². The summed E-state index contributed by atoms with van der Waals surface area (Å²) in [5.74, 6) is -0.807. The molecule has 0 unspecified atom stereocenters. The van der Waals surface area contributed by atoms with Crippen molar-refractivity contribution in [2.24, 2.45) is 4.99 Å². The predicted molar refractivity (Wildman–Crippen MR) is 108 cm³/mol. The van der Waals surface area contributed by atoms with Crippen molar-refractivity contribution in [3.8, 4) is 5.69 Å². The van der Waals surface area contributed by atoms with Gasteiger partial charge in [0.15, 0.2) is 5.76 Å². The minimum Gasteiger partial charge on any atom is -0.505 e. The Labute approximate surface area is 167 Å². The normalized spacial score (nSPS) is 15.5. The van der Waals surface area contributed by atoms with Crippen LogP contribution in [0.4, 0.5) is 0 Å². The number of aliphatic hydroxyl groups is 1. The van der Waals surface area contributed by atoms with E-state index in [1.54, 1.807) is 19.1 Å². The summed E-state index contributed by atoms with van der Waals surface area (Å²) in [5, 5.41) is 11.3. The molecule has 1 aromatic heterocycles. The van der Waals surface area contributed by atoms with Crippen LogP contribution in [0.25, 0.3) is 11.8 Å². The monoisotopic (exact) mass is 404 g/mol. The number of carbonyl (C=O) groups is 1. The summed E-state index contributed by atoms with van der Waals surface area (Å²) in [7, 11) is 1.26. The fourth-order valence-corrected chi connectivity index (χ4v) is 3.53. The van der Waals surface area contributed by atoms with Crippen molar-refractivity contribution in [1.82, 2.24) is 4.57 Å². The van der Waals surface area contributed by atoms with Gasteiger partial charge >= 0.3 is 5.97 Å². The number of methoxy groups -OCH3 is 1. The van der Waals surface area contributed by atoms with E-state index < -0.39 is 5.97 Å². The van der Waals surface area contributed by atoms with Gasteiger partial charge in [-0.05, 0) is 50.6 Å². The molecule has 0 spiro atoms. The van der Waals surface area contributed by atoms with Crippen LogP contribution in [0.5, 0.6) is 0 Å². The topological polar surface area (TPSA) is 63.8 Å². The van der Waals surface area contributed by atoms with E-state index in [0.717, 1.165) is 22.6 Å². The van der Waals surface area contributed by atoms with Crippen molar-refractivity contribution in [3.05, 3.63) is 68.3 Å². The average Bonchev–Trinajstić information content (AvgIpc) is 3.06. The maximum atomic E-state index is 11.8. The predicted octanol–water partition coefficient (Wildman–Crippen LogP) is 5.20. The van der Waals surface area contributed by atoms with E-state index in [9.17, 15) is 9.90 Å². The molecule has 5 nitrogen and oxygen atoms in total. The SMILES string of the molecule is COC(=O)C1=C(O)/C(=C\c2cc(C)n(-c3cccc(Cl)c3Cl)c2C)N=C1C. The molecule has 27 heavy (non-hydrogen) atoms. The summed E-state index contributed by atoms with van der Waals surface area (Å²) in [6.07, 6.45) is 1.73. The average molecular weight is 405 g/mol. The number of hydrogen-bond donors (Lipinski definition) is 1. The second kappa shape index (κ2) is 7.25. The standard InChI is InChI=1S/C20H18Cl2N2O3/c1-10-8-13(9-15-19(25)17(11(2)23-15)20(26)27-4)12(3)24(10)16-7-5-6-14(21)18(16)22/h5-9,25H,1-4H3/b15-9+. The molecule has 0 fully saturated rings. The maximum absolute atomic E-state index is 11.8. The highest BCUT2D eigenvalue weighted by Gasteiger charge is 2.27. The number of esters is 1. The quantitative estimate of drug-likeness (QED) is 0.714. The number of benzene rings is 1. The molecule has 0 saturated heterocycles. The van der Waals surface area contributed by atoms with Crippen molar-refractivity contribution in [3.63, 3.8) is 0 Å². The summed E-state index contributed by atoms with van der Waals surface area (Å²) in [5.41, 5.74) is 4.26. The first-order chi connectivity index (χ1) is 12.8. The lowest BCUT2D eigenvalue weighted by molar-refractivity contribution is -0.135. The molecule has 0 radical (unpaired) electrons. The summed E-state index contributed by atoms with van der Waals surface area (Å²) in [6, 6.07) is 7.41. The molecule has 1 N–H and O–H groups in total. The van der Waals surface area contributed by atoms with Gasteiger partial charge in [-0.15, -0.1) is 0 Å². The Hall–Kier alpha value is -2.50. The number of nitrogens with zero attached hydrogens (tertiary/aromatic N) is 2. The van der Waals surface area contributed by atoms with Gasteiger partial charge in [-0.3, -0.25) is 0 Å². The Morgan fingerprint density at radius 2 is 1.96 bits per heavy atom. The Bertz CT molecular complexity index is 1050. The number of aromatic nitrogens is 1. The fourth-order valence-electron chi connectivity index (χ4n) is 3.15. The van der Waals surface area contributed by atoms with Gasteiger partial charge in [-0.1, -0.05) is 29.3 Å². The third kappa shape index (κ3) is 3.29. The van der Waals surface area contributed by atoms with Crippen LogP contribution in [0, 0.1) is 13.8 Å². The number of halogens is 2. The second-order valence-corrected chi connectivity index (χ2v) is 6.96. The molecule has 1 aliphatic heterocycles. The van der Waals surface area contributed by atoms with Crippen molar-refractivity contribution in [1.29, 1.82) is 0 Å². The molecular formula is C20H18Cl2N2O3. The van der Waals surface area contributed by atoms with E-state index in [4.69, 9.17) is 27.9 Å². The summed E-state index contributed by atoms with van der Waals surface area (Å²) >= 11 is 12.5. The highest BCUT2D eigenvalue weighted by Crippen LogP contribution is 2.33. The zero-order chi connectivity index (χ0) is 19.9. The highest BCUT2D eigenvalue weighted by atomic mass is 35.5. The minimum atomic E-state index is -0.617. The van der Waals surface area contributed by atoms with Gasteiger partial charge in [0.2, 0.25) is 0 Å². The maximum Gasteiger partial charge on any atom is 0.343 e. The van der Waals surface area contributed by atoms with Gasteiger partial charge in [0.25, 0.3) is 0 Å². The lowest BCUT2D eigenvalue weighted by Crippen LogP contribution is -2.11. The molecule has 0 saturated carbocycles. The molecule has 1 aliphatic rings. The highest BCUT2D eigenvalue weighted by molar-refractivity contribution is 6.43. The van der Waals surface area contributed by atoms with Gasteiger partial charge in [0.1, 0.15) is 11.3 Å². The molecule has 140 valence electrons. The first-order valence-electron chi connectivity index (χ1n) is 8.18. The van der Waals surface area contributed by atoms with E-state index in [1.165, 1.54) is 7.11 Å². The minimum absolute atomic E-state index is 0.0791. The zero-order valence-electron chi connectivity index (χ0n) is 15.3. The molecule has 3 rings (SSSR count). The van der Waals surface area contributed by atoms with Crippen LogP contribution in [0.3, 0.4) is 0 Å². The van der Waals surface area contributed by atoms with Crippen LogP contribution >= 0.6 is 23.2 Å². The molecule has 2 aromatic rings. The Kier molecular flexibility index (Phi) is 5.18. The van der Waals surface area contributed by atoms with Crippen LogP contribution in [-0.2, 0) is 9.53 Å². The molecule has 0 bridgehead atoms. The molecule has 2 heterocycles. The van der Waals surface area contributed by atoms with E-state index in [-0.39, 0.29) is 11.3 Å². The lowest BCUT2D eigenvalue weighted by Gasteiger charge is -2.12. The van der Waals surface area contributed by atoms with E-state index >= 15 is 0 Å². The van der Waals surface area contributed by atoms with Gasteiger partial charge in [0.05, 0.1) is 28.6 Å². The summed E-state index contributed by atoms with van der Waals surface area (Å²) < 4.78 is 6.69. The van der Waals surface area contributed by atoms with Gasteiger partial charge in [-0.2, -0.15) is 0 Å². The van der Waals surface area contributed by atoms with E-state index in [2.05, 4.69) is 4.99 Å². The number of rotatable bonds is 3. The van der Waals surface area contributed by atoms with Gasteiger partial charge in [-0.25, -0.2) is 9.79 Å². The van der Waals surface area contributed by atoms with E-state index in [0.29, 0.717) is 21.5 Å². The van der Waals surface area contributed by atoms with Crippen molar-refractivity contribution in [2.45, 2.75) is 20.8 Å². The lowest BCUT2D eigenvalue weighted by atomic mass is 10.1. The molecule has 7 heteroatoms. The first kappa shape index (κ1) is 19.3. The van der Waals surface area contributed by atoms with Crippen molar-refractivity contribution >= 4 is 41.0 Å². The first-order valence-corrected chi connectivity index (χ1v) is 8.94. The molecule has 0 amide bonds. The number of ether oxygens (including phenoxy) is 1. The largest absolute Gasteiger partial charge is 0.505 e. The summed E-state index contributed by atoms with van der Waals surface area (Å²) in [4.78, 5) is 16.1. The Balaban J connectivity index is 2.11. The third-order valence-electron chi connectivity index (χ3n) is 4.45. The Morgan fingerprint density at radius 3 is 2.63 bits per heavy atom. The molecule has 1 aromatic carbocycles. The Morgan fingerprint density at radius 1 is 1.26 bits per heavy atom. The van der Waals surface area contributed by atoms with Crippen LogP contribution in [0.15, 0.2) is 46.3 Å². The smallest absolute Gasteiger partial charge is 0.343 e. The fraction of sp³-hybridized carbons (Fsp3) is 0.200. The van der Waals surface area contributed by atoms with Crippen LogP contribution < -0.4 is 0 Å². The van der Waals surface area contributed by atoms with Gasteiger partial charge < -0.3 is 14.4 Å². The van der Waals surface area contributed by atoms with Crippen molar-refractivity contribution < 1.29 is 14.6 Å². The number of hydrogen-bond acceptors (Lipinski definition) is 4. The molecule has 0 atom stereocenters. The van der Waals surface area contributed by atoms with E-state index in [1.807, 2.05) is 36.6 Å².